The molecule has 2 rings (SSSR count). The Morgan fingerprint density at radius 2 is 2.00 bits per heavy atom. The Morgan fingerprint density at radius 3 is 2.60 bits per heavy atom. The molecule has 2 fully saturated rings. The first-order valence-corrected chi connectivity index (χ1v) is 7.82. The van der Waals surface area contributed by atoms with Crippen molar-refractivity contribution in [3.05, 3.63) is 0 Å². The maximum absolute atomic E-state index is 12.7. The molecule has 0 aromatic heterocycles. The van der Waals surface area contributed by atoms with Gasteiger partial charge in [-0.15, -0.1) is 0 Å². The summed E-state index contributed by atoms with van der Waals surface area (Å²) in [6.07, 6.45) is 5.07. The summed E-state index contributed by atoms with van der Waals surface area (Å²) >= 11 is 0. The third-order valence-corrected chi connectivity index (χ3v) is 4.86. The Morgan fingerprint density at radius 1 is 1.25 bits per heavy atom. The van der Waals surface area contributed by atoms with Crippen molar-refractivity contribution in [1.82, 2.24) is 9.80 Å². The van der Waals surface area contributed by atoms with Crippen LogP contribution in [0.25, 0.3) is 0 Å². The van der Waals surface area contributed by atoms with E-state index in [9.17, 15) is 9.59 Å². The van der Waals surface area contributed by atoms with Crippen LogP contribution in [0.3, 0.4) is 0 Å². The van der Waals surface area contributed by atoms with Crippen LogP contribution in [-0.4, -0.2) is 58.5 Å². The van der Waals surface area contributed by atoms with Gasteiger partial charge >= 0.3 is 5.97 Å². The van der Waals surface area contributed by atoms with Crippen LogP contribution in [0, 0.1) is 5.92 Å². The van der Waals surface area contributed by atoms with E-state index in [4.69, 9.17) is 5.11 Å². The maximum Gasteiger partial charge on any atom is 0.307 e. The van der Waals surface area contributed by atoms with Crippen molar-refractivity contribution < 1.29 is 14.7 Å². The molecule has 2 heterocycles. The second-order valence-electron chi connectivity index (χ2n) is 6.08. The predicted molar refractivity (Wildman–Crippen MR) is 76.4 cm³/mol. The van der Waals surface area contributed by atoms with Crippen LogP contribution >= 0.6 is 0 Å². The van der Waals surface area contributed by atoms with Crippen molar-refractivity contribution >= 4 is 11.9 Å². The van der Waals surface area contributed by atoms with Gasteiger partial charge in [0.05, 0.1) is 12.0 Å². The largest absolute Gasteiger partial charge is 0.481 e. The van der Waals surface area contributed by atoms with Gasteiger partial charge in [-0.05, 0) is 45.6 Å². The van der Waals surface area contributed by atoms with E-state index >= 15 is 0 Å². The van der Waals surface area contributed by atoms with Crippen LogP contribution in [0.5, 0.6) is 0 Å². The number of rotatable bonds is 4. The van der Waals surface area contributed by atoms with Crippen LogP contribution < -0.4 is 0 Å². The van der Waals surface area contributed by atoms with E-state index in [-0.39, 0.29) is 17.9 Å². The van der Waals surface area contributed by atoms with Crippen molar-refractivity contribution in [2.24, 2.45) is 5.92 Å². The third-order valence-electron chi connectivity index (χ3n) is 4.86. The molecule has 5 heteroatoms. The predicted octanol–water partition coefficient (Wildman–Crippen LogP) is 1.57. The summed E-state index contributed by atoms with van der Waals surface area (Å²) in [5.41, 5.74) is 0. The monoisotopic (exact) mass is 282 g/mol. The first kappa shape index (κ1) is 15.3. The number of hydrogen-bond donors (Lipinski definition) is 1. The fourth-order valence-electron chi connectivity index (χ4n) is 3.45. The molecule has 2 aliphatic heterocycles. The van der Waals surface area contributed by atoms with Crippen LogP contribution in [0.4, 0.5) is 0 Å². The first-order valence-electron chi connectivity index (χ1n) is 7.82. The van der Waals surface area contributed by atoms with E-state index in [0.29, 0.717) is 25.6 Å². The molecular formula is C15H26N2O3. The van der Waals surface area contributed by atoms with E-state index in [0.717, 1.165) is 25.8 Å². The minimum atomic E-state index is -0.739. The molecule has 0 aromatic rings. The van der Waals surface area contributed by atoms with E-state index in [1.807, 2.05) is 16.7 Å². The number of carbonyl (C=O) groups is 2. The lowest BCUT2D eigenvalue weighted by Crippen LogP contribution is -2.51. The summed E-state index contributed by atoms with van der Waals surface area (Å²) in [5.74, 6) is -0.868. The van der Waals surface area contributed by atoms with E-state index in [1.165, 1.54) is 6.42 Å². The Bertz CT molecular complexity index is 372. The van der Waals surface area contributed by atoms with Crippen LogP contribution in [0.1, 0.15) is 46.0 Å². The van der Waals surface area contributed by atoms with Gasteiger partial charge in [-0.3, -0.25) is 14.5 Å². The lowest BCUT2D eigenvalue weighted by atomic mass is 9.99. The molecule has 0 aromatic carbocycles. The maximum atomic E-state index is 12.7. The zero-order valence-electron chi connectivity index (χ0n) is 12.5. The summed E-state index contributed by atoms with van der Waals surface area (Å²) in [5, 5.41) is 9.06. The van der Waals surface area contributed by atoms with Crippen molar-refractivity contribution in [3.63, 3.8) is 0 Å². The normalized spacial score (nSPS) is 29.4. The molecule has 114 valence electrons. The van der Waals surface area contributed by atoms with Gasteiger partial charge in [0.25, 0.3) is 0 Å². The molecule has 5 nitrogen and oxygen atoms in total. The number of likely N-dealkylation sites (tertiary alicyclic amines) is 2. The van der Waals surface area contributed by atoms with Crippen molar-refractivity contribution in [2.45, 2.75) is 58.0 Å². The van der Waals surface area contributed by atoms with Gasteiger partial charge in [-0.2, -0.15) is 0 Å². The summed E-state index contributed by atoms with van der Waals surface area (Å²) in [4.78, 5) is 27.7. The summed E-state index contributed by atoms with van der Waals surface area (Å²) < 4.78 is 0. The lowest BCUT2D eigenvalue weighted by molar-refractivity contribution is -0.143. The Balaban J connectivity index is 1.96. The zero-order valence-corrected chi connectivity index (χ0v) is 12.5. The minimum absolute atomic E-state index is 0.183. The number of hydrogen-bond acceptors (Lipinski definition) is 3. The SMILES string of the molecule is CCC1CCCCN1C(=O)C(C)N1CCC(C(=O)O)C1. The van der Waals surface area contributed by atoms with Gasteiger partial charge in [-0.25, -0.2) is 0 Å². The fourth-order valence-corrected chi connectivity index (χ4v) is 3.45. The van der Waals surface area contributed by atoms with Gasteiger partial charge in [0.1, 0.15) is 0 Å². The number of amides is 1. The summed E-state index contributed by atoms with van der Waals surface area (Å²) in [7, 11) is 0. The molecule has 0 saturated carbocycles. The van der Waals surface area contributed by atoms with E-state index < -0.39 is 5.97 Å². The number of nitrogens with zero attached hydrogens (tertiary/aromatic N) is 2. The van der Waals surface area contributed by atoms with Gasteiger partial charge < -0.3 is 10.0 Å². The highest BCUT2D eigenvalue weighted by molar-refractivity contribution is 5.82. The number of carboxylic acids is 1. The highest BCUT2D eigenvalue weighted by Gasteiger charge is 2.36. The van der Waals surface area contributed by atoms with Gasteiger partial charge in [-0.1, -0.05) is 6.92 Å². The minimum Gasteiger partial charge on any atom is -0.481 e. The second kappa shape index (κ2) is 6.57. The van der Waals surface area contributed by atoms with Gasteiger partial charge in [0.15, 0.2) is 0 Å². The summed E-state index contributed by atoms with van der Waals surface area (Å²) in [6.45, 7) is 6.14. The molecular weight excluding hydrogens is 256 g/mol. The molecule has 3 unspecified atom stereocenters. The quantitative estimate of drug-likeness (QED) is 0.850. The smallest absolute Gasteiger partial charge is 0.307 e. The van der Waals surface area contributed by atoms with Crippen LogP contribution in [-0.2, 0) is 9.59 Å². The van der Waals surface area contributed by atoms with Crippen LogP contribution in [0.15, 0.2) is 0 Å². The van der Waals surface area contributed by atoms with Crippen molar-refractivity contribution in [2.75, 3.05) is 19.6 Å². The lowest BCUT2D eigenvalue weighted by Gasteiger charge is -2.38. The number of carboxylic acid groups (broad SMARTS) is 1. The highest BCUT2D eigenvalue weighted by Crippen LogP contribution is 2.24. The molecule has 20 heavy (non-hydrogen) atoms. The summed E-state index contributed by atoms with van der Waals surface area (Å²) in [6, 6.07) is 0.183. The zero-order chi connectivity index (χ0) is 14.7. The average molecular weight is 282 g/mol. The van der Waals surface area contributed by atoms with Crippen molar-refractivity contribution in [1.29, 1.82) is 0 Å². The Kier molecular flexibility index (Phi) is 5.02. The highest BCUT2D eigenvalue weighted by atomic mass is 16.4. The number of piperidine rings is 1. The fraction of sp³-hybridized carbons (Fsp3) is 0.867. The third kappa shape index (κ3) is 3.14. The Labute approximate surface area is 120 Å². The molecule has 1 amide bonds. The molecule has 0 spiro atoms. The second-order valence-corrected chi connectivity index (χ2v) is 6.08. The van der Waals surface area contributed by atoms with Gasteiger partial charge in [0.2, 0.25) is 5.91 Å². The molecule has 3 atom stereocenters. The molecule has 0 radical (unpaired) electrons. The van der Waals surface area contributed by atoms with Gasteiger partial charge in [0, 0.05) is 19.1 Å². The topological polar surface area (TPSA) is 60.9 Å². The first-order chi connectivity index (χ1) is 9.54. The van der Waals surface area contributed by atoms with E-state index in [2.05, 4.69) is 6.92 Å². The molecule has 2 aliphatic rings. The molecule has 0 aliphatic carbocycles. The molecule has 1 N–H and O–H groups in total. The number of aliphatic carboxylic acids is 1. The molecule has 2 saturated heterocycles. The van der Waals surface area contributed by atoms with Crippen molar-refractivity contribution in [3.8, 4) is 0 Å². The van der Waals surface area contributed by atoms with E-state index in [1.54, 1.807) is 0 Å². The van der Waals surface area contributed by atoms with Crippen LogP contribution in [0.2, 0.25) is 0 Å². The molecule has 0 bridgehead atoms. The Hall–Kier alpha value is -1.10. The number of carbonyl (C=O) groups excluding carboxylic acids is 1. The average Bonchev–Trinajstić information content (AvgIpc) is 2.95. The standard InChI is InChI=1S/C15H26N2O3/c1-3-13-6-4-5-8-17(13)14(18)11(2)16-9-7-12(10-16)15(19)20/h11-13H,3-10H2,1-2H3,(H,19,20).